The van der Waals surface area contributed by atoms with Crippen LogP contribution in [0.3, 0.4) is 0 Å². The number of nitrogens with one attached hydrogen (secondary N) is 1. The number of aliphatic carboxylic acids is 1. The van der Waals surface area contributed by atoms with Crippen molar-refractivity contribution in [1.29, 1.82) is 0 Å². The quantitative estimate of drug-likeness (QED) is 0.810. The third-order valence-electron chi connectivity index (χ3n) is 3.72. The van der Waals surface area contributed by atoms with Gasteiger partial charge in [0, 0.05) is 25.0 Å². The smallest absolute Gasteiger partial charge is 0.307 e. The number of carbonyl (C=O) groups excluding carboxylic acids is 1. The van der Waals surface area contributed by atoms with Crippen molar-refractivity contribution in [1.82, 2.24) is 9.88 Å². The molecule has 0 unspecified atom stereocenters. The molecule has 1 aromatic rings. The number of aryl methyl sites for hydroxylation is 2. The lowest BCUT2D eigenvalue weighted by molar-refractivity contribution is -0.140. The van der Waals surface area contributed by atoms with E-state index in [0.717, 1.165) is 12.8 Å². The summed E-state index contributed by atoms with van der Waals surface area (Å²) in [7, 11) is 2.00. The maximum atomic E-state index is 11.8. The van der Waals surface area contributed by atoms with Gasteiger partial charge in [-0.15, -0.1) is 0 Å². The van der Waals surface area contributed by atoms with Crippen molar-refractivity contribution in [2.45, 2.75) is 32.2 Å². The first-order valence-electron chi connectivity index (χ1n) is 6.62. The summed E-state index contributed by atoms with van der Waals surface area (Å²) in [5, 5.41) is 11.7. The number of aromatic nitrogens is 1. The normalized spacial score (nSPS) is 22.8. The van der Waals surface area contributed by atoms with Gasteiger partial charge in [0.2, 0.25) is 5.91 Å². The van der Waals surface area contributed by atoms with Gasteiger partial charge in [-0.1, -0.05) is 0 Å². The Hall–Kier alpha value is -1.78. The summed E-state index contributed by atoms with van der Waals surface area (Å²) in [6.07, 6.45) is 4.23. The van der Waals surface area contributed by atoms with Gasteiger partial charge in [-0.2, -0.15) is 0 Å². The molecule has 0 saturated heterocycles. The minimum atomic E-state index is -0.864. The van der Waals surface area contributed by atoms with Crippen LogP contribution in [0.2, 0.25) is 0 Å². The van der Waals surface area contributed by atoms with Gasteiger partial charge < -0.3 is 15.0 Å². The fourth-order valence-electron chi connectivity index (χ4n) is 2.30. The fraction of sp³-hybridized carbons (Fsp3) is 0.571. The lowest BCUT2D eigenvalue weighted by atomic mass is 10.1. The third-order valence-corrected chi connectivity index (χ3v) is 3.72. The predicted octanol–water partition coefficient (Wildman–Crippen LogP) is 1.18. The maximum Gasteiger partial charge on any atom is 0.307 e. The third kappa shape index (κ3) is 3.36. The van der Waals surface area contributed by atoms with Crippen LogP contribution in [-0.2, 0) is 23.1 Å². The Morgan fingerprint density at radius 1 is 1.53 bits per heavy atom. The molecule has 1 saturated carbocycles. The van der Waals surface area contributed by atoms with E-state index < -0.39 is 11.9 Å². The second kappa shape index (κ2) is 5.47. The van der Waals surface area contributed by atoms with Crippen LogP contribution in [0.4, 0.5) is 0 Å². The van der Waals surface area contributed by atoms with Gasteiger partial charge >= 0.3 is 5.97 Å². The van der Waals surface area contributed by atoms with Crippen LogP contribution in [0.25, 0.3) is 0 Å². The first-order chi connectivity index (χ1) is 8.99. The molecule has 5 heteroatoms. The molecule has 0 bridgehead atoms. The van der Waals surface area contributed by atoms with Gasteiger partial charge in [-0.3, -0.25) is 9.59 Å². The highest BCUT2D eigenvalue weighted by atomic mass is 16.4. The minimum absolute atomic E-state index is 0.0671. The lowest BCUT2D eigenvalue weighted by Gasteiger charge is -2.14. The molecule has 1 fully saturated rings. The molecule has 0 aliphatic heterocycles. The summed E-state index contributed by atoms with van der Waals surface area (Å²) >= 11 is 0. The molecule has 19 heavy (non-hydrogen) atoms. The molecule has 104 valence electrons. The van der Waals surface area contributed by atoms with Crippen molar-refractivity contribution in [2.75, 3.05) is 0 Å². The van der Waals surface area contributed by atoms with E-state index in [2.05, 4.69) is 16.0 Å². The SMILES string of the molecule is C[C@H](CCc1cccn1C)NC(=O)[C@H]1C[C@H]1C(=O)O. The molecule has 1 aromatic heterocycles. The minimum Gasteiger partial charge on any atom is -0.481 e. The van der Waals surface area contributed by atoms with Gasteiger partial charge in [-0.25, -0.2) is 0 Å². The average Bonchev–Trinajstić information content (AvgIpc) is 3.05. The molecule has 0 radical (unpaired) electrons. The summed E-state index contributed by atoms with van der Waals surface area (Å²) in [5.41, 5.74) is 1.23. The van der Waals surface area contributed by atoms with E-state index >= 15 is 0 Å². The largest absolute Gasteiger partial charge is 0.481 e. The highest BCUT2D eigenvalue weighted by Gasteiger charge is 2.48. The number of carboxylic acid groups (broad SMARTS) is 1. The first kappa shape index (κ1) is 13.6. The second-order valence-electron chi connectivity index (χ2n) is 5.35. The molecule has 2 rings (SSSR count). The van der Waals surface area contributed by atoms with E-state index in [1.165, 1.54) is 5.69 Å². The zero-order chi connectivity index (χ0) is 14.0. The van der Waals surface area contributed by atoms with E-state index in [4.69, 9.17) is 5.11 Å². The van der Waals surface area contributed by atoms with Crippen molar-refractivity contribution in [3.05, 3.63) is 24.0 Å². The van der Waals surface area contributed by atoms with E-state index in [1.54, 1.807) is 0 Å². The Morgan fingerprint density at radius 2 is 2.26 bits per heavy atom. The van der Waals surface area contributed by atoms with Gasteiger partial charge in [-0.05, 0) is 38.3 Å². The number of carboxylic acids is 1. The van der Waals surface area contributed by atoms with Crippen LogP contribution in [0.1, 0.15) is 25.5 Å². The Balaban J connectivity index is 1.73. The molecule has 3 atom stereocenters. The fourth-order valence-corrected chi connectivity index (χ4v) is 2.30. The van der Waals surface area contributed by atoms with E-state index in [-0.39, 0.29) is 17.9 Å². The molecular formula is C14H20N2O3. The number of carbonyl (C=O) groups is 2. The average molecular weight is 264 g/mol. The van der Waals surface area contributed by atoms with Crippen molar-refractivity contribution in [2.24, 2.45) is 18.9 Å². The summed E-state index contributed by atoms with van der Waals surface area (Å²) in [6, 6.07) is 4.13. The highest BCUT2D eigenvalue weighted by molar-refractivity contribution is 5.89. The Kier molecular flexibility index (Phi) is 3.93. The molecule has 1 heterocycles. The molecule has 1 aliphatic carbocycles. The van der Waals surface area contributed by atoms with Crippen molar-refractivity contribution in [3.8, 4) is 0 Å². The highest BCUT2D eigenvalue weighted by Crippen LogP contribution is 2.38. The number of hydrogen-bond donors (Lipinski definition) is 2. The van der Waals surface area contributed by atoms with Crippen molar-refractivity contribution >= 4 is 11.9 Å². The van der Waals surface area contributed by atoms with Crippen LogP contribution >= 0.6 is 0 Å². The molecule has 5 nitrogen and oxygen atoms in total. The number of hydrogen-bond acceptors (Lipinski definition) is 2. The molecule has 0 aromatic carbocycles. The summed E-state index contributed by atoms with van der Waals surface area (Å²) in [6.45, 7) is 1.96. The molecule has 1 amide bonds. The van der Waals surface area contributed by atoms with E-state index in [0.29, 0.717) is 6.42 Å². The van der Waals surface area contributed by atoms with Crippen molar-refractivity contribution in [3.63, 3.8) is 0 Å². The summed E-state index contributed by atoms with van der Waals surface area (Å²) < 4.78 is 2.07. The summed E-state index contributed by atoms with van der Waals surface area (Å²) in [4.78, 5) is 22.5. The van der Waals surface area contributed by atoms with E-state index in [1.807, 2.05) is 26.2 Å². The Labute approximate surface area is 112 Å². The number of amides is 1. The van der Waals surface area contributed by atoms with Gasteiger partial charge in [0.1, 0.15) is 0 Å². The van der Waals surface area contributed by atoms with Crippen LogP contribution in [-0.4, -0.2) is 27.6 Å². The van der Waals surface area contributed by atoms with Crippen LogP contribution in [0.15, 0.2) is 18.3 Å². The van der Waals surface area contributed by atoms with Gasteiger partial charge in [0.15, 0.2) is 0 Å². The van der Waals surface area contributed by atoms with Crippen molar-refractivity contribution < 1.29 is 14.7 Å². The second-order valence-corrected chi connectivity index (χ2v) is 5.35. The topological polar surface area (TPSA) is 71.3 Å². The van der Waals surface area contributed by atoms with Crippen LogP contribution in [0, 0.1) is 11.8 Å². The maximum absolute atomic E-state index is 11.8. The van der Waals surface area contributed by atoms with Gasteiger partial charge in [0.05, 0.1) is 11.8 Å². The van der Waals surface area contributed by atoms with Crippen LogP contribution < -0.4 is 5.32 Å². The van der Waals surface area contributed by atoms with E-state index in [9.17, 15) is 9.59 Å². The molecule has 1 aliphatic rings. The monoisotopic (exact) mass is 264 g/mol. The summed E-state index contributed by atoms with van der Waals surface area (Å²) in [5.74, 6) is -1.78. The Morgan fingerprint density at radius 3 is 2.79 bits per heavy atom. The standard InChI is InChI=1S/C14H20N2O3/c1-9(5-6-10-4-3-7-16(10)2)15-13(17)11-8-12(11)14(18)19/h3-4,7,9,11-12H,5-6,8H2,1-2H3,(H,15,17)(H,18,19)/t9-,11+,12-/m1/s1. The Bertz CT molecular complexity index is 481. The predicted molar refractivity (Wildman–Crippen MR) is 70.6 cm³/mol. The number of rotatable bonds is 6. The lowest BCUT2D eigenvalue weighted by Crippen LogP contribution is -2.34. The van der Waals surface area contributed by atoms with Gasteiger partial charge in [0.25, 0.3) is 0 Å². The zero-order valence-electron chi connectivity index (χ0n) is 11.3. The van der Waals surface area contributed by atoms with Crippen LogP contribution in [0.5, 0.6) is 0 Å². The first-order valence-corrected chi connectivity index (χ1v) is 6.62. The molecular weight excluding hydrogens is 244 g/mol. The molecule has 0 spiro atoms. The number of nitrogens with zero attached hydrogens (tertiary/aromatic N) is 1. The zero-order valence-corrected chi connectivity index (χ0v) is 11.3. The molecule has 2 N–H and O–H groups in total.